The number of aliphatic hydroxyl groups is 4. The number of phenols is 6. The molecule has 612 valence electrons. The van der Waals surface area contributed by atoms with E-state index in [0.29, 0.717) is 141 Å². The third-order valence-electron chi connectivity index (χ3n) is 21.1. The molecule has 8 aromatic carbocycles. The van der Waals surface area contributed by atoms with Crippen molar-refractivity contribution in [2.45, 2.75) is 37.9 Å². The van der Waals surface area contributed by atoms with Crippen LogP contribution in [0.2, 0.25) is 0 Å². The highest BCUT2D eigenvalue weighted by Gasteiger charge is 2.35. The largest absolute Gasteiger partial charge is 0.508 e. The van der Waals surface area contributed by atoms with Crippen LogP contribution in [-0.2, 0) is 25.7 Å². The number of rotatable bonds is 16. The molecule has 0 saturated heterocycles. The van der Waals surface area contributed by atoms with Crippen LogP contribution in [0.25, 0.3) is 157 Å². The topological polar surface area (TPSA) is 335 Å². The number of aryl methyl sites for hydroxylation is 4. The number of halogens is 8. The first-order chi connectivity index (χ1) is 59.0. The Morgan fingerprint density at radius 2 is 0.492 bits per heavy atom. The van der Waals surface area contributed by atoms with Gasteiger partial charge in [0.05, 0.1) is 69.9 Å². The normalized spacial score (nSPS) is 12.8. The van der Waals surface area contributed by atoms with Gasteiger partial charge in [0.25, 0.3) is 0 Å². The summed E-state index contributed by atoms with van der Waals surface area (Å²) in [6.07, 6.45) is 4.48. The summed E-state index contributed by atoms with van der Waals surface area (Å²) in [4.78, 5) is 33.4. The van der Waals surface area contributed by atoms with Crippen molar-refractivity contribution in [1.29, 1.82) is 0 Å². The lowest BCUT2D eigenvalue weighted by Gasteiger charge is -2.15. The van der Waals surface area contributed by atoms with Crippen molar-refractivity contribution >= 4 is 68.4 Å². The van der Waals surface area contributed by atoms with Crippen LogP contribution in [0.15, 0.2) is 194 Å². The summed E-state index contributed by atoms with van der Waals surface area (Å²) in [6, 6.07) is 52.6. The third-order valence-corrected chi connectivity index (χ3v) is 21.1. The number of benzene rings is 8. The zero-order chi connectivity index (χ0) is 85.1. The molecule has 20 nitrogen and oxygen atoms in total. The van der Waals surface area contributed by atoms with Gasteiger partial charge < -0.3 is 80.5 Å². The highest BCUT2D eigenvalue weighted by atomic mass is 19.2. The zero-order valence-corrected chi connectivity index (χ0v) is 63.7. The lowest BCUT2D eigenvalue weighted by atomic mass is 9.99. The maximum Gasteiger partial charge on any atom is 0.204 e. The van der Waals surface area contributed by atoms with E-state index >= 15 is 35.1 Å². The number of H-pyrrole nitrogens is 4. The van der Waals surface area contributed by atoms with Crippen LogP contribution in [0.1, 0.15) is 45.6 Å². The minimum Gasteiger partial charge on any atom is -0.508 e. The molecule has 28 heteroatoms. The lowest BCUT2D eigenvalue weighted by molar-refractivity contribution is 0.0504. The van der Waals surface area contributed by atoms with Crippen molar-refractivity contribution in [2.24, 2.45) is 0 Å². The highest BCUT2D eigenvalue weighted by molar-refractivity contribution is 6.01. The van der Waals surface area contributed by atoms with Crippen molar-refractivity contribution in [3.63, 3.8) is 0 Å². The number of aromatic hydroxyl groups is 6. The molecule has 4 aliphatic rings. The Morgan fingerprint density at radius 3 is 0.754 bits per heavy atom. The van der Waals surface area contributed by atoms with Gasteiger partial charge in [0, 0.05) is 88.6 Å². The maximum absolute atomic E-state index is 16.5. The summed E-state index contributed by atoms with van der Waals surface area (Å²) in [5.41, 5.74) is 9.63. The molecule has 16 bridgehead atoms. The van der Waals surface area contributed by atoms with Crippen molar-refractivity contribution < 1.29 is 95.7 Å². The molecule has 0 saturated carbocycles. The molecule has 4 aliphatic heterocycles. The number of aromatic amines is 4. The molecule has 10 heterocycles. The number of hydrogen-bond donors (Lipinski definition) is 14. The van der Waals surface area contributed by atoms with Crippen LogP contribution in [-0.4, -0.2) is 130 Å². The van der Waals surface area contributed by atoms with Gasteiger partial charge >= 0.3 is 0 Å². The average Bonchev–Trinajstić information content (AvgIpc) is 1.45. The number of aliphatic hydroxyl groups excluding tert-OH is 4. The molecule has 14 aromatic rings. The first-order valence-electron chi connectivity index (χ1n) is 38.2. The minimum absolute atomic E-state index is 0.00115. The molecule has 0 amide bonds. The Balaban J connectivity index is 0.000000173. The number of nitrogens with one attached hydrogen (secondary N) is 4. The molecule has 18 rings (SSSR count). The van der Waals surface area contributed by atoms with Gasteiger partial charge in [0.15, 0.2) is 34.8 Å². The smallest absolute Gasteiger partial charge is 0.204 e. The van der Waals surface area contributed by atoms with Gasteiger partial charge in [-0.2, -0.15) is 17.6 Å². The highest BCUT2D eigenvalue weighted by Crippen LogP contribution is 2.47. The van der Waals surface area contributed by atoms with Gasteiger partial charge in [0.1, 0.15) is 59.9 Å². The van der Waals surface area contributed by atoms with Gasteiger partial charge in [-0.15, -0.1) is 0 Å². The summed E-state index contributed by atoms with van der Waals surface area (Å²) >= 11 is 0. The molecule has 14 N–H and O–H groups in total. The molecule has 0 aliphatic carbocycles. The van der Waals surface area contributed by atoms with E-state index in [0.717, 1.165) is 0 Å². The second-order valence-electron chi connectivity index (χ2n) is 29.1. The Hall–Kier alpha value is -14.8. The quantitative estimate of drug-likeness (QED) is 0.0316. The number of hydrogen-bond acceptors (Lipinski definition) is 16. The number of phenolic OH excluding ortho intramolecular Hbond substituents is 6. The molecule has 2 unspecified atom stereocenters. The first-order valence-corrected chi connectivity index (χ1v) is 38.2. The molecule has 122 heavy (non-hydrogen) atoms. The first kappa shape index (κ1) is 79.6. The predicted molar refractivity (Wildman–Crippen MR) is 445 cm³/mol. The van der Waals surface area contributed by atoms with Crippen LogP contribution >= 0.6 is 0 Å². The monoisotopic (exact) mass is 1650 g/mol. The fraction of sp³-hybridized carbons (Fsp3) is 0.106. The molecule has 0 fully saturated rings. The van der Waals surface area contributed by atoms with Gasteiger partial charge in [0.2, 0.25) is 23.3 Å². The SMILES string of the molecule is OCC(O)COc1c(F)c(F)c(-c2c3nc(c(-c4cccc(O)c4)c4ccc([nH]4)c(-c4cccc(O)c4)c4nc(c(-c5cccc(O)c5)c5ccc2[nH]5)C=C4)CC3)c(F)c1F.OCC(O)COc1c(F)c(F)c(-c2c3nc(c(-c4cccc(O)c4)c4ccc([nH]4)c(-c4cccc(O)c4)c4nc(c(-c5cccc(O)c5)c5ccc2[nH]5)CC4)C=C3)c(F)c1F. The van der Waals surface area contributed by atoms with E-state index in [-0.39, 0.29) is 86.6 Å². The van der Waals surface area contributed by atoms with Crippen molar-refractivity contribution in [2.75, 3.05) is 26.4 Å². The number of ether oxygens (including phenoxy) is 2. The van der Waals surface area contributed by atoms with Crippen LogP contribution < -0.4 is 9.47 Å². The fourth-order valence-corrected chi connectivity index (χ4v) is 15.7. The standard InChI is InChI=1S/2C47H34F4N4O6/c2*48-43-42(44(49)46(51)47(45(43)50)61-22-29(60)21-56)41-36-16-14-34(54-36)39(24-5-2-8-27(58)19-24)32-12-10-30(52-32)38(23-4-1-7-26(57)18-23)31-11-13-33(53-31)40(35-15-17-37(41)55-35)25-6-3-9-28(59)20-25/h1-10,12,14-20,29,52,55-60H,11,13,21-22H2;1-14,16,18-20,29,53-54,56-60H,15,17,21-22H2. The van der Waals surface area contributed by atoms with Gasteiger partial charge in [-0.1, -0.05) is 72.8 Å². The molecular weight excluding hydrogens is 1590 g/mol. The lowest BCUT2D eigenvalue weighted by Crippen LogP contribution is -2.22. The molecule has 6 aromatic heterocycles. The van der Waals surface area contributed by atoms with E-state index in [1.165, 1.54) is 66.7 Å². The van der Waals surface area contributed by atoms with Crippen molar-refractivity contribution in [3.8, 4) is 135 Å². The Labute approximate surface area is 686 Å². The van der Waals surface area contributed by atoms with Crippen LogP contribution in [0, 0.1) is 46.5 Å². The van der Waals surface area contributed by atoms with E-state index in [1.807, 2.05) is 30.3 Å². The number of aromatic nitrogens is 8. The number of nitrogens with zero attached hydrogens (tertiary/aromatic N) is 4. The zero-order valence-electron chi connectivity index (χ0n) is 63.7. The van der Waals surface area contributed by atoms with E-state index in [1.54, 1.807) is 121 Å². The Bertz CT molecular complexity index is 6900. The van der Waals surface area contributed by atoms with Crippen molar-refractivity contribution in [1.82, 2.24) is 39.9 Å². The minimum atomic E-state index is -1.88. The second-order valence-corrected chi connectivity index (χ2v) is 29.1. The summed E-state index contributed by atoms with van der Waals surface area (Å²) in [5.74, 6) is -17.6. The fourth-order valence-electron chi connectivity index (χ4n) is 15.7. The van der Waals surface area contributed by atoms with Crippen LogP contribution in [0.4, 0.5) is 35.1 Å². The van der Waals surface area contributed by atoms with Crippen LogP contribution in [0.3, 0.4) is 0 Å². The third kappa shape index (κ3) is 15.1. The summed E-state index contributed by atoms with van der Waals surface area (Å²) in [6.45, 7) is -3.37. The predicted octanol–water partition coefficient (Wildman–Crippen LogP) is 18.7. The van der Waals surface area contributed by atoms with Crippen LogP contribution in [0.5, 0.6) is 46.0 Å². The molecule has 0 spiro atoms. The maximum atomic E-state index is 16.5. The molecule has 2 atom stereocenters. The van der Waals surface area contributed by atoms with E-state index < -0.39 is 108 Å². The van der Waals surface area contributed by atoms with E-state index in [2.05, 4.69) is 19.9 Å². The van der Waals surface area contributed by atoms with Gasteiger partial charge in [-0.3, -0.25) is 9.97 Å². The van der Waals surface area contributed by atoms with Crippen molar-refractivity contribution in [3.05, 3.63) is 286 Å². The summed E-state index contributed by atoms with van der Waals surface area (Å²) < 4.78 is 139. The Morgan fingerprint density at radius 1 is 0.270 bits per heavy atom. The summed E-state index contributed by atoms with van der Waals surface area (Å²) in [5, 5.41) is 101. The van der Waals surface area contributed by atoms with Gasteiger partial charge in [-0.25, -0.2) is 27.5 Å². The average molecular weight is 1650 g/mol. The van der Waals surface area contributed by atoms with Gasteiger partial charge in [-0.05, 0) is 205 Å². The van der Waals surface area contributed by atoms with E-state index in [9.17, 15) is 46.0 Å². The van der Waals surface area contributed by atoms with E-state index in [4.69, 9.17) is 34.5 Å². The molecular formula is C94H68F8N8O12. The summed E-state index contributed by atoms with van der Waals surface area (Å²) in [7, 11) is 0. The Kier molecular flexibility index (Phi) is 21.4. The molecule has 0 radical (unpaired) electrons. The second kappa shape index (κ2) is 32.8. The number of fused-ring (bicyclic) bond motifs is 16.